The van der Waals surface area contributed by atoms with Gasteiger partial charge < -0.3 is 15.0 Å². The lowest BCUT2D eigenvalue weighted by Gasteiger charge is -2.31. The van der Waals surface area contributed by atoms with Gasteiger partial charge in [-0.1, -0.05) is 23.2 Å². The molecule has 4 nitrogen and oxygen atoms in total. The van der Waals surface area contributed by atoms with Crippen LogP contribution in [0.4, 0.5) is 5.69 Å². The lowest BCUT2D eigenvalue weighted by atomic mass is 10.2. The van der Waals surface area contributed by atoms with Gasteiger partial charge in [-0.3, -0.25) is 4.79 Å². The predicted molar refractivity (Wildman–Crippen MR) is 80.7 cm³/mol. The number of rotatable bonds is 3. The molecule has 1 fully saturated rings. The van der Waals surface area contributed by atoms with Gasteiger partial charge in [-0.05, 0) is 32.0 Å². The van der Waals surface area contributed by atoms with E-state index in [-0.39, 0.29) is 18.1 Å². The smallest absolute Gasteiger partial charge is 0.279 e. The number of hydrogen-bond donors (Lipinski definition) is 2. The van der Waals surface area contributed by atoms with Gasteiger partial charge in [0.2, 0.25) is 0 Å². The fraction of sp³-hybridized carbons (Fsp3) is 0.500. The van der Waals surface area contributed by atoms with Crippen molar-refractivity contribution >= 4 is 34.8 Å². The van der Waals surface area contributed by atoms with Gasteiger partial charge in [-0.15, -0.1) is 0 Å². The summed E-state index contributed by atoms with van der Waals surface area (Å²) in [7, 11) is 0. The van der Waals surface area contributed by atoms with E-state index in [9.17, 15) is 4.79 Å². The van der Waals surface area contributed by atoms with Crippen molar-refractivity contribution in [2.24, 2.45) is 0 Å². The second-order valence-electron chi connectivity index (χ2n) is 5.27. The van der Waals surface area contributed by atoms with Crippen LogP contribution in [0.25, 0.3) is 0 Å². The minimum Gasteiger partial charge on any atom is -0.364 e. The van der Waals surface area contributed by atoms with E-state index in [0.29, 0.717) is 22.3 Å². The number of morpholine rings is 1. The largest absolute Gasteiger partial charge is 0.364 e. The van der Waals surface area contributed by atoms with E-state index in [1.54, 1.807) is 18.2 Å². The normalized spacial score (nSPS) is 26.3. The van der Waals surface area contributed by atoms with Gasteiger partial charge in [0, 0.05) is 5.69 Å². The molecule has 2 N–H and O–H groups in total. The lowest BCUT2D eigenvalue weighted by Crippen LogP contribution is -3.16. The fourth-order valence-electron chi connectivity index (χ4n) is 2.54. The topological polar surface area (TPSA) is 42.8 Å². The molecule has 1 aromatic carbocycles. The summed E-state index contributed by atoms with van der Waals surface area (Å²) < 4.78 is 5.66. The van der Waals surface area contributed by atoms with Crippen LogP contribution < -0.4 is 10.2 Å². The number of carbonyl (C=O) groups excluding carboxylic acids is 1. The SMILES string of the molecule is C[C@@H]1C[NH+](CC(=O)Nc2ccc(Cl)c(Cl)c2)C[C@H](C)O1. The number of halogens is 2. The molecular weight excluding hydrogens is 299 g/mol. The Morgan fingerprint density at radius 3 is 2.55 bits per heavy atom. The summed E-state index contributed by atoms with van der Waals surface area (Å²) in [5, 5.41) is 3.76. The van der Waals surface area contributed by atoms with Crippen LogP contribution in [0.5, 0.6) is 0 Å². The molecule has 2 rings (SSSR count). The standard InChI is InChI=1S/C14H18Cl2N2O2/c1-9-6-18(7-10(2)20-9)8-14(19)17-11-3-4-12(15)13(16)5-11/h3-5,9-10H,6-8H2,1-2H3,(H,17,19)/p+1/t9-,10+. The molecular formula is C14H19Cl2N2O2+. The van der Waals surface area contributed by atoms with Crippen LogP contribution in [-0.2, 0) is 9.53 Å². The van der Waals surface area contributed by atoms with Gasteiger partial charge in [-0.25, -0.2) is 0 Å². The molecule has 110 valence electrons. The van der Waals surface area contributed by atoms with Crippen molar-refractivity contribution in [1.29, 1.82) is 0 Å². The Balaban J connectivity index is 1.90. The Hall–Kier alpha value is -0.810. The predicted octanol–water partition coefficient (Wildman–Crippen LogP) is 1.62. The Morgan fingerprint density at radius 1 is 1.30 bits per heavy atom. The third-order valence-electron chi connectivity index (χ3n) is 3.23. The van der Waals surface area contributed by atoms with E-state index in [2.05, 4.69) is 5.32 Å². The zero-order valence-corrected chi connectivity index (χ0v) is 13.1. The van der Waals surface area contributed by atoms with Gasteiger partial charge in [0.1, 0.15) is 25.3 Å². The van der Waals surface area contributed by atoms with Crippen molar-refractivity contribution in [2.45, 2.75) is 26.1 Å². The third-order valence-corrected chi connectivity index (χ3v) is 3.97. The molecule has 1 amide bonds. The van der Waals surface area contributed by atoms with Gasteiger partial charge in [-0.2, -0.15) is 0 Å². The molecule has 0 saturated carbocycles. The maximum atomic E-state index is 12.0. The Bertz CT molecular complexity index is 486. The molecule has 0 spiro atoms. The molecule has 0 bridgehead atoms. The van der Waals surface area contributed by atoms with Crippen LogP contribution in [-0.4, -0.2) is 37.7 Å². The maximum absolute atomic E-state index is 12.0. The van der Waals surface area contributed by atoms with Gasteiger partial charge in [0.15, 0.2) is 6.54 Å². The van der Waals surface area contributed by atoms with Crippen molar-refractivity contribution < 1.29 is 14.4 Å². The molecule has 6 heteroatoms. The molecule has 0 aromatic heterocycles. The van der Waals surface area contributed by atoms with Crippen molar-refractivity contribution in [3.63, 3.8) is 0 Å². The summed E-state index contributed by atoms with van der Waals surface area (Å²) in [6.07, 6.45) is 0.373. The summed E-state index contributed by atoms with van der Waals surface area (Å²) in [5.74, 6) is -0.0281. The van der Waals surface area contributed by atoms with Gasteiger partial charge >= 0.3 is 0 Å². The number of ether oxygens (including phenoxy) is 1. The van der Waals surface area contributed by atoms with Crippen LogP contribution in [0.3, 0.4) is 0 Å². The minimum atomic E-state index is -0.0281. The highest BCUT2D eigenvalue weighted by atomic mass is 35.5. The first-order chi connectivity index (χ1) is 9.44. The highest BCUT2D eigenvalue weighted by Gasteiger charge is 2.27. The Morgan fingerprint density at radius 2 is 1.95 bits per heavy atom. The number of benzene rings is 1. The summed E-state index contributed by atoms with van der Waals surface area (Å²) >= 11 is 11.8. The number of quaternary nitrogens is 1. The fourth-order valence-corrected chi connectivity index (χ4v) is 2.84. The molecule has 0 aliphatic carbocycles. The monoisotopic (exact) mass is 317 g/mol. The van der Waals surface area contributed by atoms with E-state index in [0.717, 1.165) is 13.1 Å². The average molecular weight is 318 g/mol. The Labute approximate surface area is 129 Å². The first kappa shape index (κ1) is 15.6. The van der Waals surface area contributed by atoms with Crippen LogP contribution in [0.2, 0.25) is 10.0 Å². The summed E-state index contributed by atoms with van der Waals surface area (Å²) in [6, 6.07) is 5.07. The summed E-state index contributed by atoms with van der Waals surface area (Å²) in [4.78, 5) is 13.3. The van der Waals surface area contributed by atoms with Crippen LogP contribution in [0.15, 0.2) is 18.2 Å². The van der Waals surface area contributed by atoms with Crippen LogP contribution in [0.1, 0.15) is 13.8 Å². The number of nitrogens with one attached hydrogen (secondary N) is 2. The quantitative estimate of drug-likeness (QED) is 0.889. The first-order valence-corrected chi connectivity index (χ1v) is 7.43. The number of hydrogen-bond acceptors (Lipinski definition) is 2. The highest BCUT2D eigenvalue weighted by molar-refractivity contribution is 6.42. The first-order valence-electron chi connectivity index (χ1n) is 6.68. The second kappa shape index (κ2) is 6.76. The van der Waals surface area contributed by atoms with E-state index in [4.69, 9.17) is 27.9 Å². The van der Waals surface area contributed by atoms with E-state index < -0.39 is 0 Å². The van der Waals surface area contributed by atoms with E-state index in [1.165, 1.54) is 4.90 Å². The van der Waals surface area contributed by atoms with Crippen molar-refractivity contribution in [2.75, 3.05) is 25.0 Å². The Kier molecular flexibility index (Phi) is 5.27. The van der Waals surface area contributed by atoms with E-state index >= 15 is 0 Å². The van der Waals surface area contributed by atoms with Crippen molar-refractivity contribution in [3.8, 4) is 0 Å². The molecule has 1 aliphatic heterocycles. The number of carbonyl (C=O) groups is 1. The zero-order chi connectivity index (χ0) is 14.7. The molecule has 3 atom stereocenters. The van der Waals surface area contributed by atoms with Crippen LogP contribution in [0, 0.1) is 0 Å². The third kappa shape index (κ3) is 4.35. The molecule has 1 aromatic rings. The van der Waals surface area contributed by atoms with Crippen molar-refractivity contribution in [1.82, 2.24) is 0 Å². The molecule has 0 radical (unpaired) electrons. The van der Waals surface area contributed by atoms with E-state index in [1.807, 2.05) is 13.8 Å². The summed E-state index contributed by atoms with van der Waals surface area (Å²) in [6.45, 7) is 6.19. The van der Waals surface area contributed by atoms with Gasteiger partial charge in [0.25, 0.3) is 5.91 Å². The van der Waals surface area contributed by atoms with Crippen molar-refractivity contribution in [3.05, 3.63) is 28.2 Å². The molecule has 1 saturated heterocycles. The highest BCUT2D eigenvalue weighted by Crippen LogP contribution is 2.24. The lowest BCUT2D eigenvalue weighted by molar-refractivity contribution is -0.907. The second-order valence-corrected chi connectivity index (χ2v) is 6.08. The average Bonchev–Trinajstić information content (AvgIpc) is 2.32. The number of amides is 1. The number of anilines is 1. The molecule has 20 heavy (non-hydrogen) atoms. The zero-order valence-electron chi connectivity index (χ0n) is 11.6. The van der Waals surface area contributed by atoms with Gasteiger partial charge in [0.05, 0.1) is 10.0 Å². The maximum Gasteiger partial charge on any atom is 0.279 e. The molecule has 1 unspecified atom stereocenters. The summed E-state index contributed by atoms with van der Waals surface area (Å²) in [5.41, 5.74) is 0.665. The molecule has 1 aliphatic rings. The van der Waals surface area contributed by atoms with Crippen LogP contribution >= 0.6 is 23.2 Å². The molecule has 1 heterocycles. The minimum absolute atomic E-state index is 0.0281.